The molecule has 2 atom stereocenters. The van der Waals surface area contributed by atoms with E-state index in [4.69, 9.17) is 23.2 Å². The summed E-state index contributed by atoms with van der Waals surface area (Å²) in [7, 11) is 0. The number of carbonyl (C=O) groups is 1. The third kappa shape index (κ3) is 4.89. The molecule has 0 aliphatic carbocycles. The fraction of sp³-hybridized carbons (Fsp3) is 0.435. The van der Waals surface area contributed by atoms with E-state index in [2.05, 4.69) is 49.2 Å². The number of benzene rings is 2. The largest absolute Gasteiger partial charge is 0.352 e. The van der Waals surface area contributed by atoms with Crippen molar-refractivity contribution in [2.75, 3.05) is 19.6 Å². The quantitative estimate of drug-likeness (QED) is 0.663. The van der Waals surface area contributed by atoms with Gasteiger partial charge in [0.25, 0.3) is 5.91 Å². The van der Waals surface area contributed by atoms with Crippen molar-refractivity contribution in [3.05, 3.63) is 68.7 Å². The van der Waals surface area contributed by atoms with Gasteiger partial charge in [0.2, 0.25) is 0 Å². The summed E-state index contributed by atoms with van der Waals surface area (Å²) in [5, 5.41) is 3.98. The zero-order chi connectivity index (χ0) is 20.3. The Kier molecular flexibility index (Phi) is 7.03. The van der Waals surface area contributed by atoms with Gasteiger partial charge in [-0.25, -0.2) is 0 Å². The van der Waals surface area contributed by atoms with Gasteiger partial charge in [-0.15, -0.1) is 0 Å². The highest BCUT2D eigenvalue weighted by atomic mass is 35.5. The van der Waals surface area contributed by atoms with Gasteiger partial charge in [-0.2, -0.15) is 0 Å². The molecule has 0 bridgehead atoms. The standard InChI is InChI=1S/C23H28Cl2N2O/c1-15-6-4-8-20(16(15)2)17(3)27-11-5-7-18(14-27)13-26-23(28)21-10-9-19(24)12-22(21)25/h4,6,8-10,12,17-18H,5,7,11,13-14H2,1-3H3,(H,26,28). The zero-order valence-electron chi connectivity index (χ0n) is 16.8. The maximum absolute atomic E-state index is 12.5. The Morgan fingerprint density at radius 2 is 2.04 bits per heavy atom. The molecule has 0 spiro atoms. The van der Waals surface area contributed by atoms with Gasteiger partial charge in [0.05, 0.1) is 10.6 Å². The fourth-order valence-electron chi connectivity index (χ4n) is 4.04. The Balaban J connectivity index is 1.60. The highest BCUT2D eigenvalue weighted by molar-refractivity contribution is 6.36. The minimum Gasteiger partial charge on any atom is -0.352 e. The highest BCUT2D eigenvalue weighted by Crippen LogP contribution is 2.29. The molecule has 3 rings (SSSR count). The van der Waals surface area contributed by atoms with Crippen molar-refractivity contribution < 1.29 is 4.79 Å². The Hall–Kier alpha value is -1.55. The number of piperidine rings is 1. The van der Waals surface area contributed by atoms with E-state index in [0.717, 1.165) is 25.9 Å². The van der Waals surface area contributed by atoms with Gasteiger partial charge in [-0.3, -0.25) is 9.69 Å². The Bertz CT molecular complexity index is 852. The predicted molar refractivity (Wildman–Crippen MR) is 117 cm³/mol. The van der Waals surface area contributed by atoms with E-state index in [1.54, 1.807) is 18.2 Å². The van der Waals surface area contributed by atoms with Crippen LogP contribution in [0.4, 0.5) is 0 Å². The maximum Gasteiger partial charge on any atom is 0.252 e. The van der Waals surface area contributed by atoms with Gasteiger partial charge in [0, 0.05) is 24.2 Å². The van der Waals surface area contributed by atoms with E-state index in [1.165, 1.54) is 16.7 Å². The van der Waals surface area contributed by atoms with Crippen molar-refractivity contribution in [1.29, 1.82) is 0 Å². The SMILES string of the molecule is Cc1cccc(C(C)N2CCCC(CNC(=O)c3ccc(Cl)cc3Cl)C2)c1C. The molecular weight excluding hydrogens is 391 g/mol. The van der Waals surface area contributed by atoms with Crippen LogP contribution >= 0.6 is 23.2 Å². The molecule has 5 heteroatoms. The molecule has 1 saturated heterocycles. The molecule has 0 saturated carbocycles. The van der Waals surface area contributed by atoms with E-state index >= 15 is 0 Å². The second kappa shape index (κ2) is 9.30. The number of likely N-dealkylation sites (tertiary alicyclic amines) is 1. The van der Waals surface area contributed by atoms with Crippen molar-refractivity contribution in [2.24, 2.45) is 5.92 Å². The van der Waals surface area contributed by atoms with Gasteiger partial charge in [0.15, 0.2) is 0 Å². The third-order valence-electron chi connectivity index (χ3n) is 5.92. The van der Waals surface area contributed by atoms with E-state index in [1.807, 2.05) is 0 Å². The van der Waals surface area contributed by atoms with Crippen LogP contribution in [0.3, 0.4) is 0 Å². The first-order valence-corrected chi connectivity index (χ1v) is 10.7. The van der Waals surface area contributed by atoms with Crippen molar-refractivity contribution >= 4 is 29.1 Å². The van der Waals surface area contributed by atoms with Gasteiger partial charge >= 0.3 is 0 Å². The highest BCUT2D eigenvalue weighted by Gasteiger charge is 2.26. The van der Waals surface area contributed by atoms with Gasteiger partial charge in [-0.1, -0.05) is 41.4 Å². The molecule has 1 heterocycles. The number of carbonyl (C=O) groups excluding carboxylic acids is 1. The first-order valence-electron chi connectivity index (χ1n) is 9.90. The van der Waals surface area contributed by atoms with E-state index in [-0.39, 0.29) is 5.91 Å². The molecule has 28 heavy (non-hydrogen) atoms. The van der Waals surface area contributed by atoms with Crippen molar-refractivity contribution in [2.45, 2.75) is 39.7 Å². The van der Waals surface area contributed by atoms with Crippen molar-refractivity contribution in [3.63, 3.8) is 0 Å². The van der Waals surface area contributed by atoms with Crippen LogP contribution in [0.15, 0.2) is 36.4 Å². The first kappa shape index (κ1) is 21.2. The number of halogens is 2. The van der Waals surface area contributed by atoms with Crippen LogP contribution in [0.5, 0.6) is 0 Å². The van der Waals surface area contributed by atoms with Gasteiger partial charge in [0.1, 0.15) is 0 Å². The Morgan fingerprint density at radius 3 is 2.79 bits per heavy atom. The Morgan fingerprint density at radius 1 is 1.25 bits per heavy atom. The lowest BCUT2D eigenvalue weighted by atomic mass is 9.92. The Labute approximate surface area is 178 Å². The lowest BCUT2D eigenvalue weighted by Crippen LogP contribution is -2.42. The number of nitrogens with one attached hydrogen (secondary N) is 1. The number of hydrogen-bond donors (Lipinski definition) is 1. The smallest absolute Gasteiger partial charge is 0.252 e. The molecule has 1 N–H and O–H groups in total. The van der Waals surface area contributed by atoms with Crippen molar-refractivity contribution in [3.8, 4) is 0 Å². The molecule has 3 nitrogen and oxygen atoms in total. The van der Waals surface area contributed by atoms with Crippen LogP contribution in [0.1, 0.15) is 52.9 Å². The summed E-state index contributed by atoms with van der Waals surface area (Å²) in [5.74, 6) is 0.303. The number of rotatable bonds is 5. The second-order valence-corrected chi connectivity index (χ2v) is 8.65. The lowest BCUT2D eigenvalue weighted by Gasteiger charge is -2.37. The fourth-order valence-corrected chi connectivity index (χ4v) is 4.54. The minimum absolute atomic E-state index is 0.138. The van der Waals surface area contributed by atoms with Crippen LogP contribution < -0.4 is 5.32 Å². The van der Waals surface area contributed by atoms with Gasteiger partial charge in [-0.05, 0) is 81.0 Å². The number of aryl methyl sites for hydroxylation is 1. The lowest BCUT2D eigenvalue weighted by molar-refractivity contribution is 0.0917. The summed E-state index contributed by atoms with van der Waals surface area (Å²) >= 11 is 12.1. The van der Waals surface area contributed by atoms with Crippen LogP contribution in [-0.4, -0.2) is 30.4 Å². The second-order valence-electron chi connectivity index (χ2n) is 7.80. The molecule has 1 fully saturated rings. The summed E-state index contributed by atoms with van der Waals surface area (Å²) in [5.41, 5.74) is 4.59. The monoisotopic (exact) mass is 418 g/mol. The third-order valence-corrected chi connectivity index (χ3v) is 6.47. The molecule has 0 aromatic heterocycles. The molecule has 0 radical (unpaired) electrons. The van der Waals surface area contributed by atoms with E-state index < -0.39 is 0 Å². The minimum atomic E-state index is -0.138. The average Bonchev–Trinajstić information content (AvgIpc) is 2.68. The summed E-state index contributed by atoms with van der Waals surface area (Å²) in [6.45, 7) is 9.41. The van der Waals surface area contributed by atoms with Crippen LogP contribution in [0, 0.1) is 19.8 Å². The van der Waals surface area contributed by atoms with E-state index in [0.29, 0.717) is 34.1 Å². The number of amides is 1. The van der Waals surface area contributed by atoms with Crippen LogP contribution in [0.25, 0.3) is 0 Å². The summed E-state index contributed by atoms with van der Waals surface area (Å²) in [4.78, 5) is 15.0. The topological polar surface area (TPSA) is 32.3 Å². The predicted octanol–water partition coefficient (Wildman–Crippen LogP) is 5.81. The summed E-state index contributed by atoms with van der Waals surface area (Å²) < 4.78 is 0. The molecule has 1 aliphatic heterocycles. The normalized spacial score (nSPS) is 18.7. The molecular formula is C23H28Cl2N2O. The maximum atomic E-state index is 12.5. The summed E-state index contributed by atoms with van der Waals surface area (Å²) in [6, 6.07) is 11.9. The molecule has 2 unspecified atom stereocenters. The van der Waals surface area contributed by atoms with Crippen LogP contribution in [0.2, 0.25) is 10.0 Å². The number of hydrogen-bond acceptors (Lipinski definition) is 2. The molecule has 2 aromatic carbocycles. The first-order chi connectivity index (χ1) is 13.4. The molecule has 1 amide bonds. The van der Waals surface area contributed by atoms with Gasteiger partial charge < -0.3 is 5.32 Å². The average molecular weight is 419 g/mol. The van der Waals surface area contributed by atoms with Crippen LogP contribution in [-0.2, 0) is 0 Å². The summed E-state index contributed by atoms with van der Waals surface area (Å²) in [6.07, 6.45) is 2.28. The molecule has 1 aliphatic rings. The molecule has 2 aromatic rings. The van der Waals surface area contributed by atoms with Crippen molar-refractivity contribution in [1.82, 2.24) is 10.2 Å². The molecule has 150 valence electrons. The number of nitrogens with zero attached hydrogens (tertiary/aromatic N) is 1. The zero-order valence-corrected chi connectivity index (χ0v) is 18.3. The van der Waals surface area contributed by atoms with E-state index in [9.17, 15) is 4.79 Å².